The molecular formula is C10H15N3. The normalized spacial score (nSPS) is 22.9. The highest BCUT2D eigenvalue weighted by Crippen LogP contribution is 2.02. The largest absolute Gasteiger partial charge is 0.314 e. The second-order valence-corrected chi connectivity index (χ2v) is 3.41. The summed E-state index contributed by atoms with van der Waals surface area (Å²) in [6, 6.07) is 4.74. The second-order valence-electron chi connectivity index (χ2n) is 3.41. The SMILES string of the molecule is c1cc(C[C@H]2CNCCN2)ccn1. The molecule has 0 spiro atoms. The third-order valence-electron chi connectivity index (χ3n) is 2.36. The van der Waals surface area contributed by atoms with Gasteiger partial charge in [-0.1, -0.05) is 0 Å². The van der Waals surface area contributed by atoms with Gasteiger partial charge in [-0.2, -0.15) is 0 Å². The molecule has 0 radical (unpaired) electrons. The van der Waals surface area contributed by atoms with Gasteiger partial charge in [-0.15, -0.1) is 0 Å². The van der Waals surface area contributed by atoms with Crippen molar-refractivity contribution in [3.8, 4) is 0 Å². The quantitative estimate of drug-likeness (QED) is 0.677. The van der Waals surface area contributed by atoms with Gasteiger partial charge >= 0.3 is 0 Å². The Labute approximate surface area is 78.6 Å². The maximum atomic E-state index is 4.00. The van der Waals surface area contributed by atoms with Crippen LogP contribution >= 0.6 is 0 Å². The summed E-state index contributed by atoms with van der Waals surface area (Å²) in [4.78, 5) is 4.00. The molecule has 13 heavy (non-hydrogen) atoms. The minimum Gasteiger partial charge on any atom is -0.314 e. The monoisotopic (exact) mass is 177 g/mol. The number of nitrogens with zero attached hydrogens (tertiary/aromatic N) is 1. The first-order chi connectivity index (χ1) is 6.45. The van der Waals surface area contributed by atoms with Crippen LogP contribution in [0.2, 0.25) is 0 Å². The molecule has 2 heterocycles. The van der Waals surface area contributed by atoms with E-state index in [4.69, 9.17) is 0 Å². The molecular weight excluding hydrogens is 162 g/mol. The molecule has 3 heteroatoms. The van der Waals surface area contributed by atoms with E-state index in [-0.39, 0.29) is 0 Å². The van der Waals surface area contributed by atoms with E-state index in [1.165, 1.54) is 5.56 Å². The fourth-order valence-electron chi connectivity index (χ4n) is 1.66. The minimum atomic E-state index is 0.580. The second kappa shape index (κ2) is 4.35. The van der Waals surface area contributed by atoms with E-state index in [0.29, 0.717) is 6.04 Å². The number of hydrogen-bond donors (Lipinski definition) is 2. The Kier molecular flexibility index (Phi) is 2.90. The van der Waals surface area contributed by atoms with Crippen molar-refractivity contribution >= 4 is 0 Å². The van der Waals surface area contributed by atoms with E-state index >= 15 is 0 Å². The van der Waals surface area contributed by atoms with Gasteiger partial charge in [0, 0.05) is 38.1 Å². The maximum absolute atomic E-state index is 4.00. The predicted octanol–water partition coefficient (Wildman–Crippen LogP) is 0.185. The third kappa shape index (κ3) is 2.50. The third-order valence-corrected chi connectivity index (χ3v) is 2.36. The Hall–Kier alpha value is -0.930. The molecule has 1 saturated heterocycles. The number of rotatable bonds is 2. The topological polar surface area (TPSA) is 37.0 Å². The molecule has 0 amide bonds. The lowest BCUT2D eigenvalue weighted by Crippen LogP contribution is -2.49. The average molecular weight is 177 g/mol. The first-order valence-electron chi connectivity index (χ1n) is 4.78. The first-order valence-corrected chi connectivity index (χ1v) is 4.78. The lowest BCUT2D eigenvalue weighted by Gasteiger charge is -2.24. The molecule has 0 aliphatic carbocycles. The van der Waals surface area contributed by atoms with E-state index < -0.39 is 0 Å². The van der Waals surface area contributed by atoms with Crippen LogP contribution in [-0.2, 0) is 6.42 Å². The van der Waals surface area contributed by atoms with Crippen molar-refractivity contribution < 1.29 is 0 Å². The molecule has 0 aromatic carbocycles. The standard InChI is InChI=1S/C10H15N3/c1-3-11-4-2-9(1)7-10-8-12-5-6-13-10/h1-4,10,12-13H,5-8H2/t10-/m0/s1. The molecule has 0 unspecified atom stereocenters. The summed E-state index contributed by atoms with van der Waals surface area (Å²) in [5, 5.41) is 6.86. The highest BCUT2D eigenvalue weighted by molar-refractivity contribution is 5.11. The van der Waals surface area contributed by atoms with Gasteiger partial charge in [0.2, 0.25) is 0 Å². The van der Waals surface area contributed by atoms with E-state index in [9.17, 15) is 0 Å². The molecule has 1 fully saturated rings. The summed E-state index contributed by atoms with van der Waals surface area (Å²) in [5.74, 6) is 0. The van der Waals surface area contributed by atoms with E-state index in [2.05, 4.69) is 27.8 Å². The molecule has 3 nitrogen and oxygen atoms in total. The van der Waals surface area contributed by atoms with Gasteiger partial charge in [-0.25, -0.2) is 0 Å². The zero-order valence-electron chi connectivity index (χ0n) is 7.66. The van der Waals surface area contributed by atoms with Gasteiger partial charge in [0.15, 0.2) is 0 Å². The number of pyridine rings is 1. The van der Waals surface area contributed by atoms with Crippen LogP contribution in [0.15, 0.2) is 24.5 Å². The fraction of sp³-hybridized carbons (Fsp3) is 0.500. The maximum Gasteiger partial charge on any atom is 0.0270 e. The van der Waals surface area contributed by atoms with Crippen molar-refractivity contribution in [2.75, 3.05) is 19.6 Å². The highest BCUT2D eigenvalue weighted by atomic mass is 15.0. The molecule has 1 aromatic rings. The zero-order chi connectivity index (χ0) is 8.93. The lowest BCUT2D eigenvalue weighted by atomic mass is 10.1. The summed E-state index contributed by atoms with van der Waals surface area (Å²) in [7, 11) is 0. The Morgan fingerprint density at radius 1 is 1.31 bits per heavy atom. The number of aromatic nitrogens is 1. The Morgan fingerprint density at radius 2 is 2.15 bits per heavy atom. The Balaban J connectivity index is 1.90. The van der Waals surface area contributed by atoms with Crippen molar-refractivity contribution in [2.45, 2.75) is 12.5 Å². The molecule has 1 aliphatic heterocycles. The summed E-state index contributed by atoms with van der Waals surface area (Å²) < 4.78 is 0. The van der Waals surface area contributed by atoms with Crippen molar-refractivity contribution in [3.05, 3.63) is 30.1 Å². The fourth-order valence-corrected chi connectivity index (χ4v) is 1.66. The van der Waals surface area contributed by atoms with E-state index in [1.54, 1.807) is 0 Å². The predicted molar refractivity (Wildman–Crippen MR) is 52.6 cm³/mol. The Morgan fingerprint density at radius 3 is 2.85 bits per heavy atom. The zero-order valence-corrected chi connectivity index (χ0v) is 7.66. The molecule has 1 aromatic heterocycles. The molecule has 0 bridgehead atoms. The number of hydrogen-bond acceptors (Lipinski definition) is 3. The van der Waals surface area contributed by atoms with Crippen molar-refractivity contribution in [1.82, 2.24) is 15.6 Å². The van der Waals surface area contributed by atoms with Crippen LogP contribution in [0.1, 0.15) is 5.56 Å². The summed E-state index contributed by atoms with van der Waals surface area (Å²) in [6.45, 7) is 3.24. The van der Waals surface area contributed by atoms with E-state index in [1.807, 2.05) is 12.4 Å². The van der Waals surface area contributed by atoms with E-state index in [0.717, 1.165) is 26.1 Å². The van der Waals surface area contributed by atoms with Crippen LogP contribution in [0.5, 0.6) is 0 Å². The van der Waals surface area contributed by atoms with Gasteiger partial charge in [-0.3, -0.25) is 4.98 Å². The van der Waals surface area contributed by atoms with Crippen LogP contribution in [0.3, 0.4) is 0 Å². The number of piperazine rings is 1. The van der Waals surface area contributed by atoms with Crippen LogP contribution in [-0.4, -0.2) is 30.7 Å². The minimum absolute atomic E-state index is 0.580. The average Bonchev–Trinajstić information content (AvgIpc) is 2.21. The highest BCUT2D eigenvalue weighted by Gasteiger charge is 2.11. The van der Waals surface area contributed by atoms with Gasteiger partial charge in [0.05, 0.1) is 0 Å². The van der Waals surface area contributed by atoms with Gasteiger partial charge in [0.1, 0.15) is 0 Å². The van der Waals surface area contributed by atoms with Gasteiger partial charge in [0.25, 0.3) is 0 Å². The van der Waals surface area contributed by atoms with Gasteiger partial charge in [-0.05, 0) is 24.1 Å². The summed E-state index contributed by atoms with van der Waals surface area (Å²) in [5.41, 5.74) is 1.36. The summed E-state index contributed by atoms with van der Waals surface area (Å²) in [6.07, 6.45) is 4.80. The molecule has 2 N–H and O–H groups in total. The first kappa shape index (κ1) is 8.66. The molecule has 70 valence electrons. The number of nitrogens with one attached hydrogen (secondary N) is 2. The molecule has 2 rings (SSSR count). The van der Waals surface area contributed by atoms with Crippen LogP contribution in [0.25, 0.3) is 0 Å². The molecule has 0 saturated carbocycles. The summed E-state index contributed by atoms with van der Waals surface area (Å²) >= 11 is 0. The van der Waals surface area contributed by atoms with Crippen molar-refractivity contribution in [1.29, 1.82) is 0 Å². The van der Waals surface area contributed by atoms with Crippen LogP contribution < -0.4 is 10.6 Å². The van der Waals surface area contributed by atoms with Crippen LogP contribution in [0, 0.1) is 0 Å². The van der Waals surface area contributed by atoms with Crippen molar-refractivity contribution in [3.63, 3.8) is 0 Å². The molecule has 1 atom stereocenters. The Bertz CT molecular complexity index is 242. The molecule has 1 aliphatic rings. The van der Waals surface area contributed by atoms with Crippen LogP contribution in [0.4, 0.5) is 0 Å². The van der Waals surface area contributed by atoms with Crippen molar-refractivity contribution in [2.24, 2.45) is 0 Å². The lowest BCUT2D eigenvalue weighted by molar-refractivity contribution is 0.416. The smallest absolute Gasteiger partial charge is 0.0270 e. The van der Waals surface area contributed by atoms with Gasteiger partial charge < -0.3 is 10.6 Å².